The molecule has 2 N–H and O–H groups in total. The first-order valence-electron chi connectivity index (χ1n) is 7.68. The largest absolute Gasteiger partial charge is 0.377 e. The second-order valence-electron chi connectivity index (χ2n) is 7.00. The van der Waals surface area contributed by atoms with E-state index in [2.05, 4.69) is 0 Å². The fourth-order valence-corrected chi connectivity index (χ4v) is 5.21. The minimum atomic E-state index is -0.839. The molecule has 130 valence electrons. The number of ether oxygens (including phenoxy) is 1. The van der Waals surface area contributed by atoms with Crippen molar-refractivity contribution in [2.75, 3.05) is 13.7 Å². The summed E-state index contributed by atoms with van der Waals surface area (Å²) in [5.74, 6) is 0.131. The number of hydrogen-bond acceptors (Lipinski definition) is 4. The standard InChI is InChI=1S/C16H23ClN2O2S.ClH/c1-15(2)13-11(5-4-8-21-13)16(15,18)14(20)19(3)9-10-6-7-12(17)22-10;/h6-7,11,13H,4-5,8-9,18H2,1-3H3;1H. The monoisotopic (exact) mass is 378 g/mol. The fourth-order valence-electron chi connectivity index (χ4n) is 4.07. The molecule has 7 heteroatoms. The van der Waals surface area contributed by atoms with Crippen LogP contribution in [0.25, 0.3) is 0 Å². The van der Waals surface area contributed by atoms with Crippen LogP contribution in [0.15, 0.2) is 12.1 Å². The summed E-state index contributed by atoms with van der Waals surface area (Å²) < 4.78 is 6.61. The smallest absolute Gasteiger partial charge is 0.243 e. The molecule has 3 rings (SSSR count). The van der Waals surface area contributed by atoms with Gasteiger partial charge in [0.2, 0.25) is 5.91 Å². The van der Waals surface area contributed by atoms with Crippen molar-refractivity contribution < 1.29 is 9.53 Å². The Hall–Kier alpha value is -0.330. The van der Waals surface area contributed by atoms with Gasteiger partial charge >= 0.3 is 0 Å². The average molecular weight is 379 g/mol. The molecule has 1 aromatic heterocycles. The van der Waals surface area contributed by atoms with Gasteiger partial charge in [-0.2, -0.15) is 0 Å². The Morgan fingerprint density at radius 1 is 1.52 bits per heavy atom. The van der Waals surface area contributed by atoms with Gasteiger partial charge < -0.3 is 15.4 Å². The molecule has 0 spiro atoms. The van der Waals surface area contributed by atoms with E-state index in [4.69, 9.17) is 22.1 Å². The number of nitrogens with two attached hydrogens (primary N) is 1. The van der Waals surface area contributed by atoms with E-state index < -0.39 is 5.54 Å². The number of halogens is 2. The number of nitrogens with zero attached hydrogens (tertiary/aromatic N) is 1. The molecule has 2 aliphatic rings. The summed E-state index contributed by atoms with van der Waals surface area (Å²) in [6.07, 6.45) is 2.04. The normalized spacial score (nSPS) is 31.5. The number of carbonyl (C=O) groups excluding carboxylic acids is 1. The van der Waals surface area contributed by atoms with Crippen molar-refractivity contribution in [3.8, 4) is 0 Å². The highest BCUT2D eigenvalue weighted by Crippen LogP contribution is 2.57. The Kier molecular flexibility index (Phi) is 5.39. The van der Waals surface area contributed by atoms with Crippen molar-refractivity contribution in [1.82, 2.24) is 4.90 Å². The minimum absolute atomic E-state index is 0. The lowest BCUT2D eigenvalue weighted by atomic mass is 9.46. The molecule has 1 saturated carbocycles. The molecule has 0 radical (unpaired) electrons. The molecule has 4 nitrogen and oxygen atoms in total. The Labute approximate surface area is 152 Å². The van der Waals surface area contributed by atoms with Gasteiger partial charge in [-0.1, -0.05) is 25.4 Å². The van der Waals surface area contributed by atoms with Crippen LogP contribution in [0, 0.1) is 11.3 Å². The first-order chi connectivity index (χ1) is 10.3. The zero-order valence-corrected chi connectivity index (χ0v) is 16.1. The van der Waals surface area contributed by atoms with Gasteiger partial charge in [0.25, 0.3) is 0 Å². The van der Waals surface area contributed by atoms with E-state index >= 15 is 0 Å². The van der Waals surface area contributed by atoms with Crippen LogP contribution in [0.5, 0.6) is 0 Å². The zero-order valence-electron chi connectivity index (χ0n) is 13.7. The summed E-state index contributed by atoms with van der Waals surface area (Å²) in [5.41, 5.74) is 5.47. The number of likely N-dealkylation sites (N-methyl/N-ethyl adjacent to an activating group) is 1. The Balaban J connectivity index is 0.00000192. The van der Waals surface area contributed by atoms with Crippen molar-refractivity contribution in [3.63, 3.8) is 0 Å². The second-order valence-corrected chi connectivity index (χ2v) is 8.80. The van der Waals surface area contributed by atoms with Crippen molar-refractivity contribution in [2.45, 2.75) is 44.9 Å². The molecular weight excluding hydrogens is 355 g/mol. The van der Waals surface area contributed by atoms with Gasteiger partial charge in [0, 0.05) is 29.9 Å². The topological polar surface area (TPSA) is 55.6 Å². The quantitative estimate of drug-likeness (QED) is 0.877. The molecule has 2 fully saturated rings. The highest BCUT2D eigenvalue weighted by molar-refractivity contribution is 7.16. The van der Waals surface area contributed by atoms with Gasteiger partial charge in [-0.25, -0.2) is 0 Å². The molecule has 0 bridgehead atoms. The Morgan fingerprint density at radius 2 is 2.22 bits per heavy atom. The van der Waals surface area contributed by atoms with E-state index in [0.717, 1.165) is 28.7 Å². The lowest BCUT2D eigenvalue weighted by Gasteiger charge is -2.65. The summed E-state index contributed by atoms with van der Waals surface area (Å²) in [7, 11) is 1.82. The lowest BCUT2D eigenvalue weighted by molar-refractivity contribution is -0.229. The molecular formula is C16H24Cl2N2O2S. The van der Waals surface area contributed by atoms with E-state index in [1.807, 2.05) is 33.0 Å². The molecule has 2 heterocycles. The van der Waals surface area contributed by atoms with Crippen LogP contribution in [0.2, 0.25) is 4.34 Å². The molecule has 1 aliphatic carbocycles. The number of amides is 1. The molecule has 1 aromatic rings. The van der Waals surface area contributed by atoms with Crippen LogP contribution in [-0.4, -0.2) is 36.1 Å². The maximum Gasteiger partial charge on any atom is 0.243 e. The molecule has 3 atom stereocenters. The third-order valence-corrected chi connectivity index (χ3v) is 6.62. The first kappa shape index (κ1) is 19.0. The van der Waals surface area contributed by atoms with E-state index in [9.17, 15) is 4.79 Å². The number of fused-ring (bicyclic) bond motifs is 1. The number of thiophene rings is 1. The summed E-state index contributed by atoms with van der Waals surface area (Å²) >= 11 is 7.46. The third kappa shape index (κ3) is 2.81. The van der Waals surface area contributed by atoms with Crippen LogP contribution in [0.4, 0.5) is 0 Å². The number of hydrogen-bond donors (Lipinski definition) is 1. The first-order valence-corrected chi connectivity index (χ1v) is 8.88. The second kappa shape index (κ2) is 6.52. The van der Waals surface area contributed by atoms with Crippen molar-refractivity contribution in [3.05, 3.63) is 21.3 Å². The lowest BCUT2D eigenvalue weighted by Crippen LogP contribution is -2.82. The maximum atomic E-state index is 13.0. The van der Waals surface area contributed by atoms with E-state index in [1.54, 1.807) is 4.90 Å². The summed E-state index contributed by atoms with van der Waals surface area (Å²) in [4.78, 5) is 15.8. The van der Waals surface area contributed by atoms with Crippen LogP contribution in [-0.2, 0) is 16.1 Å². The van der Waals surface area contributed by atoms with Gasteiger partial charge in [0.15, 0.2) is 0 Å². The molecule has 1 amide bonds. The van der Waals surface area contributed by atoms with E-state index in [0.29, 0.717) is 6.54 Å². The van der Waals surface area contributed by atoms with Crippen molar-refractivity contribution >= 4 is 41.3 Å². The summed E-state index contributed by atoms with van der Waals surface area (Å²) in [5, 5.41) is 0. The highest BCUT2D eigenvalue weighted by Gasteiger charge is 2.70. The van der Waals surface area contributed by atoms with Crippen LogP contribution < -0.4 is 5.73 Å². The summed E-state index contributed by atoms with van der Waals surface area (Å²) in [6, 6.07) is 3.81. The van der Waals surface area contributed by atoms with Gasteiger partial charge in [-0.15, -0.1) is 23.7 Å². The van der Waals surface area contributed by atoms with Crippen molar-refractivity contribution in [1.29, 1.82) is 0 Å². The SMILES string of the molecule is CN(Cc1ccc(Cl)s1)C(=O)C1(N)C2CCCOC2C1(C)C.Cl. The third-order valence-electron chi connectivity index (χ3n) is 5.41. The van der Waals surface area contributed by atoms with Gasteiger partial charge in [-0.3, -0.25) is 4.79 Å². The highest BCUT2D eigenvalue weighted by atomic mass is 35.5. The molecule has 23 heavy (non-hydrogen) atoms. The number of rotatable bonds is 3. The molecule has 0 aromatic carbocycles. The summed E-state index contributed by atoms with van der Waals surface area (Å²) in [6.45, 7) is 5.42. The van der Waals surface area contributed by atoms with Crippen LogP contribution >= 0.6 is 35.3 Å². The van der Waals surface area contributed by atoms with Crippen LogP contribution in [0.1, 0.15) is 31.6 Å². The maximum absolute atomic E-state index is 13.0. The number of carbonyl (C=O) groups is 1. The molecule has 1 aliphatic heterocycles. The molecule has 1 saturated heterocycles. The molecule has 3 unspecified atom stereocenters. The zero-order chi connectivity index (χ0) is 16.1. The Bertz CT molecular complexity index is 592. The average Bonchev–Trinajstić information content (AvgIpc) is 2.90. The van der Waals surface area contributed by atoms with E-state index in [1.165, 1.54) is 11.3 Å². The fraction of sp³-hybridized carbons (Fsp3) is 0.688. The van der Waals surface area contributed by atoms with E-state index in [-0.39, 0.29) is 35.8 Å². The Morgan fingerprint density at radius 3 is 2.83 bits per heavy atom. The van der Waals surface area contributed by atoms with Gasteiger partial charge in [0.1, 0.15) is 5.54 Å². The minimum Gasteiger partial charge on any atom is -0.377 e. The predicted molar refractivity (Wildman–Crippen MR) is 96.2 cm³/mol. The van der Waals surface area contributed by atoms with Gasteiger partial charge in [-0.05, 0) is 25.0 Å². The van der Waals surface area contributed by atoms with Crippen molar-refractivity contribution in [2.24, 2.45) is 17.1 Å². The van der Waals surface area contributed by atoms with Gasteiger partial charge in [0.05, 0.1) is 17.0 Å². The predicted octanol–water partition coefficient (Wildman–Crippen LogP) is 3.31. The van der Waals surface area contributed by atoms with Crippen LogP contribution in [0.3, 0.4) is 0 Å².